The molecular weight excluding hydrogens is 188 g/mol. The molecule has 1 aromatic rings. The molecule has 1 aromatic heterocycles. The van der Waals surface area contributed by atoms with Gasteiger partial charge in [-0.05, 0) is 6.07 Å². The topological polar surface area (TPSA) is 99.3 Å². The number of H-pyrrole nitrogens is 1. The highest BCUT2D eigenvalue weighted by Gasteiger charge is 2.37. The summed E-state index contributed by atoms with van der Waals surface area (Å²) in [4.78, 5) is 35.1. The Labute approximate surface area is 77.6 Å². The second-order valence-corrected chi connectivity index (χ2v) is 2.91. The molecule has 0 unspecified atom stereocenters. The summed E-state index contributed by atoms with van der Waals surface area (Å²) < 4.78 is 0. The molecule has 72 valence electrons. The molecule has 2 rings (SSSR count). The third kappa shape index (κ3) is 1.08. The van der Waals surface area contributed by atoms with Crippen LogP contribution in [0, 0.1) is 0 Å². The summed E-state index contributed by atoms with van der Waals surface area (Å²) in [5.74, 6) is -3.21. The Bertz CT molecular complexity index is 476. The first-order valence-electron chi connectivity index (χ1n) is 3.86. The summed E-state index contributed by atoms with van der Waals surface area (Å²) in [6.45, 7) is 0. The number of carbonyl (C=O) groups excluding carboxylic acids is 1. The molecule has 0 saturated carbocycles. The number of hydrogen-bond donors (Lipinski definition) is 3. The maximum atomic E-state index is 11.2. The van der Waals surface area contributed by atoms with E-state index in [1.54, 1.807) is 0 Å². The van der Waals surface area contributed by atoms with Gasteiger partial charge in [-0.15, -0.1) is 0 Å². The molecule has 0 aromatic carbocycles. The minimum atomic E-state index is -1.31. The SMILES string of the molecule is O=C(O)[C@@H]1C(=O)Nc2ccc(=O)[nH]c21. The van der Waals surface area contributed by atoms with Crippen molar-refractivity contribution in [3.63, 3.8) is 0 Å². The molecule has 0 bridgehead atoms. The van der Waals surface area contributed by atoms with Crippen LogP contribution in [-0.2, 0) is 9.59 Å². The lowest BCUT2D eigenvalue weighted by Crippen LogP contribution is -2.21. The van der Waals surface area contributed by atoms with Crippen LogP contribution in [0.2, 0.25) is 0 Å². The van der Waals surface area contributed by atoms with Gasteiger partial charge in [-0.25, -0.2) is 0 Å². The predicted octanol–water partition coefficient (Wildman–Crippen LogP) is -0.505. The van der Waals surface area contributed by atoms with Crippen LogP contribution in [0.15, 0.2) is 16.9 Å². The van der Waals surface area contributed by atoms with Crippen LogP contribution in [0.3, 0.4) is 0 Å². The van der Waals surface area contributed by atoms with Crippen LogP contribution < -0.4 is 10.9 Å². The maximum Gasteiger partial charge on any atom is 0.322 e. The van der Waals surface area contributed by atoms with Crippen molar-refractivity contribution in [3.05, 3.63) is 28.2 Å². The van der Waals surface area contributed by atoms with Crippen LogP contribution in [-0.4, -0.2) is 22.0 Å². The minimum Gasteiger partial charge on any atom is -0.480 e. The average molecular weight is 194 g/mol. The number of rotatable bonds is 1. The summed E-state index contributed by atoms with van der Waals surface area (Å²) in [5.41, 5.74) is 0.0449. The van der Waals surface area contributed by atoms with Gasteiger partial charge >= 0.3 is 5.97 Å². The number of amides is 1. The van der Waals surface area contributed by atoms with E-state index in [0.717, 1.165) is 0 Å². The highest BCUT2D eigenvalue weighted by molar-refractivity contribution is 6.13. The molecule has 6 nitrogen and oxygen atoms in total. The molecule has 1 atom stereocenters. The van der Waals surface area contributed by atoms with E-state index in [2.05, 4.69) is 10.3 Å². The van der Waals surface area contributed by atoms with Crippen molar-refractivity contribution >= 4 is 17.6 Å². The number of anilines is 1. The Morgan fingerprint density at radius 2 is 2.07 bits per heavy atom. The van der Waals surface area contributed by atoms with E-state index in [-0.39, 0.29) is 5.69 Å². The lowest BCUT2D eigenvalue weighted by Gasteiger charge is -2.00. The van der Waals surface area contributed by atoms with Crippen LogP contribution in [0.1, 0.15) is 11.6 Å². The van der Waals surface area contributed by atoms with Gasteiger partial charge in [0.15, 0.2) is 5.92 Å². The second kappa shape index (κ2) is 2.69. The van der Waals surface area contributed by atoms with E-state index in [1.165, 1.54) is 12.1 Å². The van der Waals surface area contributed by atoms with Crippen LogP contribution in [0.5, 0.6) is 0 Å². The van der Waals surface area contributed by atoms with Crippen molar-refractivity contribution in [2.45, 2.75) is 5.92 Å². The molecular formula is C8H6N2O4. The number of carbonyl (C=O) groups is 2. The van der Waals surface area contributed by atoms with E-state index >= 15 is 0 Å². The first-order valence-corrected chi connectivity index (χ1v) is 3.86. The van der Waals surface area contributed by atoms with Gasteiger partial charge < -0.3 is 15.4 Å². The lowest BCUT2D eigenvalue weighted by atomic mass is 10.1. The molecule has 1 aliphatic rings. The van der Waals surface area contributed by atoms with Crippen molar-refractivity contribution in [2.24, 2.45) is 0 Å². The Kier molecular flexibility index (Phi) is 1.63. The lowest BCUT2D eigenvalue weighted by molar-refractivity contribution is -0.141. The molecule has 0 aliphatic carbocycles. The van der Waals surface area contributed by atoms with Crippen molar-refractivity contribution in [1.82, 2.24) is 4.98 Å². The molecule has 2 heterocycles. The Morgan fingerprint density at radius 1 is 1.36 bits per heavy atom. The van der Waals surface area contributed by atoms with Gasteiger partial charge in [0.1, 0.15) is 0 Å². The molecule has 0 fully saturated rings. The number of carboxylic acid groups (broad SMARTS) is 1. The molecule has 3 N–H and O–H groups in total. The van der Waals surface area contributed by atoms with Crippen molar-refractivity contribution < 1.29 is 14.7 Å². The zero-order chi connectivity index (χ0) is 10.3. The van der Waals surface area contributed by atoms with Gasteiger partial charge in [0.25, 0.3) is 0 Å². The average Bonchev–Trinajstić information content (AvgIpc) is 2.40. The summed E-state index contributed by atoms with van der Waals surface area (Å²) in [7, 11) is 0. The van der Waals surface area contributed by atoms with Gasteiger partial charge in [0.05, 0.1) is 11.4 Å². The van der Waals surface area contributed by atoms with E-state index in [9.17, 15) is 14.4 Å². The molecule has 1 aliphatic heterocycles. The smallest absolute Gasteiger partial charge is 0.322 e. The largest absolute Gasteiger partial charge is 0.480 e. The zero-order valence-corrected chi connectivity index (χ0v) is 6.90. The van der Waals surface area contributed by atoms with Crippen molar-refractivity contribution in [3.8, 4) is 0 Å². The van der Waals surface area contributed by atoms with Gasteiger partial charge in [-0.2, -0.15) is 0 Å². The zero-order valence-electron chi connectivity index (χ0n) is 6.90. The third-order valence-corrected chi connectivity index (χ3v) is 2.01. The molecule has 1 amide bonds. The number of carboxylic acids is 1. The van der Waals surface area contributed by atoms with Crippen molar-refractivity contribution in [2.75, 3.05) is 5.32 Å². The minimum absolute atomic E-state index is 0.120. The standard InChI is InChI=1S/C8H6N2O4/c11-4-2-1-3-6(10-4)5(8(13)14)7(12)9-3/h1-2,5H,(H,9,12)(H,10,11)(H,13,14)/t5-/m0/s1. The summed E-state index contributed by atoms with van der Waals surface area (Å²) in [6, 6.07) is 2.61. The Morgan fingerprint density at radius 3 is 2.71 bits per heavy atom. The highest BCUT2D eigenvalue weighted by atomic mass is 16.4. The van der Waals surface area contributed by atoms with E-state index in [4.69, 9.17) is 5.11 Å². The molecule has 0 radical (unpaired) electrons. The number of aromatic amines is 1. The first-order chi connectivity index (χ1) is 6.59. The number of aromatic nitrogens is 1. The maximum absolute atomic E-state index is 11.2. The van der Waals surface area contributed by atoms with Gasteiger partial charge in [0.2, 0.25) is 11.5 Å². The van der Waals surface area contributed by atoms with Crippen molar-refractivity contribution in [1.29, 1.82) is 0 Å². The number of nitrogens with one attached hydrogen (secondary N) is 2. The van der Waals surface area contributed by atoms with Gasteiger partial charge in [0, 0.05) is 6.07 Å². The molecule has 14 heavy (non-hydrogen) atoms. The fraction of sp³-hybridized carbons (Fsp3) is 0.125. The third-order valence-electron chi connectivity index (χ3n) is 2.01. The van der Waals surface area contributed by atoms with Gasteiger partial charge in [-0.3, -0.25) is 14.4 Å². The second-order valence-electron chi connectivity index (χ2n) is 2.91. The number of aliphatic carboxylic acids is 1. The Hall–Kier alpha value is -2.11. The van der Waals surface area contributed by atoms with Crippen LogP contribution >= 0.6 is 0 Å². The highest BCUT2D eigenvalue weighted by Crippen LogP contribution is 2.29. The van der Waals surface area contributed by atoms with Gasteiger partial charge in [-0.1, -0.05) is 0 Å². The fourth-order valence-electron chi connectivity index (χ4n) is 1.40. The first kappa shape index (κ1) is 8.49. The molecule has 6 heteroatoms. The Balaban J connectivity index is 2.61. The summed E-state index contributed by atoms with van der Waals surface area (Å²) >= 11 is 0. The van der Waals surface area contributed by atoms with E-state index in [1.807, 2.05) is 0 Å². The number of hydrogen-bond acceptors (Lipinski definition) is 3. The number of fused-ring (bicyclic) bond motifs is 1. The van der Waals surface area contributed by atoms with Crippen LogP contribution in [0.4, 0.5) is 5.69 Å². The fourth-order valence-corrected chi connectivity index (χ4v) is 1.40. The molecule has 0 spiro atoms. The predicted molar refractivity (Wildman–Crippen MR) is 46.1 cm³/mol. The van der Waals surface area contributed by atoms with E-state index < -0.39 is 23.4 Å². The van der Waals surface area contributed by atoms with E-state index in [0.29, 0.717) is 5.69 Å². The normalized spacial score (nSPS) is 18.9. The number of pyridine rings is 1. The van der Waals surface area contributed by atoms with Crippen LogP contribution in [0.25, 0.3) is 0 Å². The summed E-state index contributed by atoms with van der Waals surface area (Å²) in [5, 5.41) is 11.1. The molecule has 0 saturated heterocycles. The summed E-state index contributed by atoms with van der Waals surface area (Å²) in [6.07, 6.45) is 0. The quantitative estimate of drug-likeness (QED) is 0.524. The monoisotopic (exact) mass is 194 g/mol.